The summed E-state index contributed by atoms with van der Waals surface area (Å²) in [5.74, 6) is -0.287. The lowest BCUT2D eigenvalue weighted by atomic mass is 9.86. The summed E-state index contributed by atoms with van der Waals surface area (Å²) in [5.41, 5.74) is 15.6. The molecule has 11 aromatic rings. The van der Waals surface area contributed by atoms with Gasteiger partial charge < -0.3 is 4.57 Å². The van der Waals surface area contributed by atoms with E-state index in [1.165, 1.54) is 55.8 Å². The van der Waals surface area contributed by atoms with Crippen molar-refractivity contribution in [2.24, 2.45) is 0 Å². The lowest BCUT2D eigenvalue weighted by Gasteiger charge is -2.18. The van der Waals surface area contributed by atoms with Crippen molar-refractivity contribution in [3.8, 4) is 50.2 Å². The smallest absolute Gasteiger partial charge is 0.309 e. The third kappa shape index (κ3) is 5.93. The predicted octanol–water partition coefficient (Wildman–Crippen LogP) is 16.6. The quantitative estimate of drug-likeness (QED) is 0.153. The van der Waals surface area contributed by atoms with E-state index in [4.69, 9.17) is 0 Å². The zero-order chi connectivity index (χ0) is 42.4. The number of aromatic nitrogens is 1. The van der Waals surface area contributed by atoms with Crippen LogP contribution in [0.2, 0.25) is 0 Å². The molecule has 0 aliphatic heterocycles. The van der Waals surface area contributed by atoms with E-state index in [-0.39, 0.29) is 5.92 Å². The zero-order valence-electron chi connectivity index (χ0n) is 34.3. The highest BCUT2D eigenvalue weighted by atomic mass is 19.4. The van der Waals surface area contributed by atoms with Crippen LogP contribution in [-0.4, -0.2) is 4.57 Å². The van der Waals surface area contributed by atoms with E-state index in [1.54, 1.807) is 0 Å². The van der Waals surface area contributed by atoms with E-state index in [0.717, 1.165) is 72.7 Å². The van der Waals surface area contributed by atoms with Crippen LogP contribution in [0.3, 0.4) is 0 Å². The van der Waals surface area contributed by atoms with Gasteiger partial charge in [-0.15, -0.1) is 0 Å². The molecule has 0 saturated heterocycles. The van der Waals surface area contributed by atoms with E-state index in [1.807, 2.05) is 6.07 Å². The molecule has 0 spiro atoms. The molecule has 0 radical (unpaired) electrons. The summed E-state index contributed by atoms with van der Waals surface area (Å²) in [6.45, 7) is 2.06. The predicted molar refractivity (Wildman–Crippen MR) is 255 cm³/mol. The summed E-state index contributed by atoms with van der Waals surface area (Å²) in [5, 5.41) is 7.24. The number of fused-ring (bicyclic) bond motifs is 8. The summed E-state index contributed by atoms with van der Waals surface area (Å²) in [6.07, 6.45) is -4.41. The molecule has 0 amide bonds. The summed E-state index contributed by atoms with van der Waals surface area (Å²) in [6, 6.07) is 71.0. The molecular weight excluding hydrogens is 780 g/mol. The number of alkyl halides is 3. The van der Waals surface area contributed by atoms with Crippen molar-refractivity contribution >= 4 is 43.4 Å². The van der Waals surface area contributed by atoms with Gasteiger partial charge in [0.1, 0.15) is 0 Å². The monoisotopic (exact) mass is 817 g/mol. The minimum Gasteiger partial charge on any atom is -0.309 e. The number of hydrogen-bond donors (Lipinski definition) is 0. The maximum absolute atomic E-state index is 13.9. The molecule has 300 valence electrons. The van der Waals surface area contributed by atoms with Crippen LogP contribution >= 0.6 is 0 Å². The molecule has 1 unspecified atom stereocenters. The molecule has 1 atom stereocenters. The van der Waals surface area contributed by atoms with Gasteiger partial charge >= 0.3 is 6.18 Å². The Hall–Kier alpha value is -7.69. The summed E-state index contributed by atoms with van der Waals surface area (Å²) in [7, 11) is 0. The van der Waals surface area contributed by atoms with Crippen LogP contribution in [0.4, 0.5) is 13.2 Å². The van der Waals surface area contributed by atoms with Crippen LogP contribution in [0.25, 0.3) is 93.5 Å². The first-order chi connectivity index (χ1) is 30.8. The molecule has 1 heterocycles. The van der Waals surface area contributed by atoms with Crippen LogP contribution in [0.15, 0.2) is 206 Å². The molecule has 1 nitrogen and oxygen atoms in total. The maximum atomic E-state index is 13.9. The first kappa shape index (κ1) is 37.1. The first-order valence-electron chi connectivity index (χ1n) is 21.4. The van der Waals surface area contributed by atoms with E-state index >= 15 is 0 Å². The number of rotatable bonds is 5. The average Bonchev–Trinajstić information content (AvgIpc) is 3.82. The van der Waals surface area contributed by atoms with Crippen LogP contribution in [0.1, 0.15) is 33.7 Å². The highest BCUT2D eigenvalue weighted by Crippen LogP contribution is 2.51. The largest absolute Gasteiger partial charge is 0.416 e. The van der Waals surface area contributed by atoms with Gasteiger partial charge in [0, 0.05) is 22.4 Å². The third-order valence-electron chi connectivity index (χ3n) is 13.1. The van der Waals surface area contributed by atoms with E-state index in [9.17, 15) is 13.2 Å². The standard InChI is InChI=1S/C59H38F3N/c1-36-22-29-49-51(32-36)52-34-39(25-30-50(52)58(49)41-14-11-15-42(33-41)59(60,61)62)40-26-31-55-53(35-40)44-16-9-10-21-54(44)63(55)43-27-23-38(24-28-43)57-47-19-7-5-17-45(47)56(37-12-3-2-4-13-37)46-18-6-8-20-48(46)57/h2-35,58H,1H3. The number of benzene rings is 10. The van der Waals surface area contributed by atoms with Crippen molar-refractivity contribution in [2.45, 2.75) is 19.0 Å². The topological polar surface area (TPSA) is 4.93 Å². The van der Waals surface area contributed by atoms with Crippen molar-refractivity contribution in [2.75, 3.05) is 0 Å². The highest BCUT2D eigenvalue weighted by molar-refractivity contribution is 6.21. The van der Waals surface area contributed by atoms with Crippen molar-refractivity contribution in [3.05, 3.63) is 234 Å². The Bertz CT molecular complexity index is 3560. The summed E-state index contributed by atoms with van der Waals surface area (Å²) < 4.78 is 44.0. The SMILES string of the molecule is Cc1ccc2c(c1)-c1cc(-c3ccc4c(c3)c3ccccc3n4-c3ccc(-c4c5ccccc5c(-c5ccccc5)c5ccccc45)cc3)ccc1C2c1cccc(C(F)(F)F)c1. The number of hydrogen-bond acceptors (Lipinski definition) is 0. The minimum atomic E-state index is -4.41. The van der Waals surface area contributed by atoms with Crippen molar-refractivity contribution in [1.82, 2.24) is 4.57 Å². The lowest BCUT2D eigenvalue weighted by molar-refractivity contribution is -0.137. The Kier molecular flexibility index (Phi) is 8.35. The second kappa shape index (κ2) is 14.2. The van der Waals surface area contributed by atoms with Gasteiger partial charge in [-0.25, -0.2) is 0 Å². The lowest BCUT2D eigenvalue weighted by Crippen LogP contribution is -2.07. The van der Waals surface area contributed by atoms with Gasteiger partial charge in [0.25, 0.3) is 0 Å². The molecule has 1 aromatic heterocycles. The molecular formula is C59H38F3N. The van der Waals surface area contributed by atoms with Crippen molar-refractivity contribution in [3.63, 3.8) is 0 Å². The molecule has 63 heavy (non-hydrogen) atoms. The van der Waals surface area contributed by atoms with Gasteiger partial charge in [0.2, 0.25) is 0 Å². The second-order valence-electron chi connectivity index (χ2n) is 16.8. The Morgan fingerprint density at radius 1 is 0.397 bits per heavy atom. The van der Waals surface area contributed by atoms with Gasteiger partial charge in [0.15, 0.2) is 0 Å². The van der Waals surface area contributed by atoms with Gasteiger partial charge in [-0.05, 0) is 132 Å². The molecule has 1 aliphatic carbocycles. The molecule has 0 bridgehead atoms. The second-order valence-corrected chi connectivity index (χ2v) is 16.8. The number of nitrogens with zero attached hydrogens (tertiary/aromatic N) is 1. The Labute approximate surface area is 363 Å². The molecule has 0 fully saturated rings. The van der Waals surface area contributed by atoms with Gasteiger partial charge in [-0.1, -0.05) is 169 Å². The highest BCUT2D eigenvalue weighted by Gasteiger charge is 2.34. The average molecular weight is 818 g/mol. The molecule has 10 aromatic carbocycles. The molecule has 4 heteroatoms. The summed E-state index contributed by atoms with van der Waals surface area (Å²) >= 11 is 0. The Balaban J connectivity index is 0.962. The third-order valence-corrected chi connectivity index (χ3v) is 13.1. The molecule has 1 aliphatic rings. The van der Waals surface area contributed by atoms with Gasteiger partial charge in [-0.2, -0.15) is 13.2 Å². The van der Waals surface area contributed by atoms with Crippen LogP contribution in [-0.2, 0) is 6.18 Å². The van der Waals surface area contributed by atoms with Crippen molar-refractivity contribution < 1.29 is 13.2 Å². The molecule has 0 saturated carbocycles. The summed E-state index contributed by atoms with van der Waals surface area (Å²) in [4.78, 5) is 0. The fourth-order valence-electron chi connectivity index (χ4n) is 10.4. The molecule has 0 N–H and O–H groups in total. The number of halogens is 3. The van der Waals surface area contributed by atoms with Crippen molar-refractivity contribution in [1.29, 1.82) is 0 Å². The fourth-order valence-corrected chi connectivity index (χ4v) is 10.4. The van der Waals surface area contributed by atoms with E-state index < -0.39 is 11.7 Å². The van der Waals surface area contributed by atoms with E-state index in [0.29, 0.717) is 5.56 Å². The number of para-hydroxylation sites is 1. The Morgan fingerprint density at radius 3 is 1.59 bits per heavy atom. The first-order valence-corrected chi connectivity index (χ1v) is 21.4. The maximum Gasteiger partial charge on any atom is 0.416 e. The molecule has 12 rings (SSSR count). The Morgan fingerprint density at radius 2 is 0.921 bits per heavy atom. The normalized spacial score (nSPS) is 13.6. The van der Waals surface area contributed by atoms with Crippen LogP contribution in [0.5, 0.6) is 0 Å². The number of aryl methyl sites for hydroxylation is 1. The van der Waals surface area contributed by atoms with Crippen LogP contribution < -0.4 is 0 Å². The fraction of sp³-hybridized carbons (Fsp3) is 0.0508. The van der Waals surface area contributed by atoms with Gasteiger partial charge in [0.05, 0.1) is 16.6 Å². The van der Waals surface area contributed by atoms with Gasteiger partial charge in [-0.3, -0.25) is 0 Å². The van der Waals surface area contributed by atoms with E-state index in [2.05, 4.69) is 193 Å². The zero-order valence-corrected chi connectivity index (χ0v) is 34.3. The van der Waals surface area contributed by atoms with Crippen LogP contribution in [0, 0.1) is 6.92 Å². The minimum absolute atomic E-state index is 0.287.